The van der Waals surface area contributed by atoms with E-state index in [0.29, 0.717) is 0 Å². The van der Waals surface area contributed by atoms with Gasteiger partial charge in [-0.05, 0) is 18.6 Å². The van der Waals surface area contributed by atoms with Gasteiger partial charge < -0.3 is 9.88 Å². The summed E-state index contributed by atoms with van der Waals surface area (Å²) in [4.78, 5) is 0. The molecule has 1 atom stereocenters. The lowest BCUT2D eigenvalue weighted by molar-refractivity contribution is 0.684. The molecule has 2 aromatic rings. The van der Waals surface area contributed by atoms with Crippen LogP contribution in [0.25, 0.3) is 0 Å². The van der Waals surface area contributed by atoms with Gasteiger partial charge in [0.1, 0.15) is 5.82 Å². The molecule has 0 fully saturated rings. The van der Waals surface area contributed by atoms with Gasteiger partial charge in [0.05, 0.1) is 6.04 Å². The fourth-order valence-electron chi connectivity index (χ4n) is 2.18. The van der Waals surface area contributed by atoms with Crippen LogP contribution in [0, 0.1) is 6.92 Å². The van der Waals surface area contributed by atoms with Crippen molar-refractivity contribution in [1.82, 2.24) is 14.8 Å². The maximum absolute atomic E-state index is 4.23. The van der Waals surface area contributed by atoms with Crippen LogP contribution in [0.5, 0.6) is 0 Å². The molecule has 0 amide bonds. The SMILES string of the molecule is Cc1nnc(C2Cc3ccccc3N2)n1C. The van der Waals surface area contributed by atoms with E-state index in [9.17, 15) is 0 Å². The van der Waals surface area contributed by atoms with Gasteiger partial charge in [0.2, 0.25) is 0 Å². The summed E-state index contributed by atoms with van der Waals surface area (Å²) in [6.45, 7) is 1.97. The van der Waals surface area contributed by atoms with Gasteiger partial charge in [0.15, 0.2) is 5.82 Å². The largest absolute Gasteiger partial charge is 0.375 e. The summed E-state index contributed by atoms with van der Waals surface area (Å²) in [6.07, 6.45) is 0.988. The maximum Gasteiger partial charge on any atom is 0.155 e. The van der Waals surface area contributed by atoms with Crippen molar-refractivity contribution in [2.24, 2.45) is 7.05 Å². The zero-order valence-electron chi connectivity index (χ0n) is 9.44. The summed E-state index contributed by atoms with van der Waals surface area (Å²) in [5, 5.41) is 11.8. The van der Waals surface area contributed by atoms with E-state index in [4.69, 9.17) is 0 Å². The second-order valence-corrected chi connectivity index (χ2v) is 4.22. The summed E-state index contributed by atoms with van der Waals surface area (Å²) >= 11 is 0. The summed E-state index contributed by atoms with van der Waals surface area (Å²) in [7, 11) is 2.01. The van der Waals surface area contributed by atoms with Gasteiger partial charge in [-0.15, -0.1) is 10.2 Å². The van der Waals surface area contributed by atoms with Crippen LogP contribution in [0.4, 0.5) is 5.69 Å². The van der Waals surface area contributed by atoms with E-state index in [0.717, 1.165) is 18.1 Å². The molecule has 2 heterocycles. The second-order valence-electron chi connectivity index (χ2n) is 4.22. The first-order chi connectivity index (χ1) is 7.75. The Bertz CT molecular complexity index is 505. The predicted molar refractivity (Wildman–Crippen MR) is 62.2 cm³/mol. The molecule has 0 radical (unpaired) electrons. The number of aryl methyl sites for hydroxylation is 1. The minimum Gasteiger partial charge on any atom is -0.375 e. The molecule has 16 heavy (non-hydrogen) atoms. The molecule has 0 spiro atoms. The van der Waals surface area contributed by atoms with E-state index in [1.807, 2.05) is 18.5 Å². The van der Waals surface area contributed by atoms with Crippen molar-refractivity contribution in [3.8, 4) is 0 Å². The van der Waals surface area contributed by atoms with Crippen molar-refractivity contribution in [2.75, 3.05) is 5.32 Å². The number of para-hydroxylation sites is 1. The first kappa shape index (κ1) is 9.39. The summed E-state index contributed by atoms with van der Waals surface area (Å²) < 4.78 is 2.05. The Balaban J connectivity index is 1.94. The minimum absolute atomic E-state index is 0.253. The lowest BCUT2D eigenvalue weighted by Crippen LogP contribution is -2.12. The lowest BCUT2D eigenvalue weighted by Gasteiger charge is -2.10. The normalized spacial score (nSPS) is 18.2. The van der Waals surface area contributed by atoms with Crippen LogP contribution >= 0.6 is 0 Å². The average molecular weight is 214 g/mol. The topological polar surface area (TPSA) is 42.7 Å². The molecule has 0 saturated heterocycles. The van der Waals surface area contributed by atoms with Crippen LogP contribution in [0.3, 0.4) is 0 Å². The highest BCUT2D eigenvalue weighted by molar-refractivity contribution is 5.57. The van der Waals surface area contributed by atoms with Crippen molar-refractivity contribution < 1.29 is 0 Å². The quantitative estimate of drug-likeness (QED) is 0.787. The number of benzene rings is 1. The van der Waals surface area contributed by atoms with Gasteiger partial charge in [0.25, 0.3) is 0 Å². The lowest BCUT2D eigenvalue weighted by atomic mass is 10.1. The number of rotatable bonds is 1. The number of nitrogens with zero attached hydrogens (tertiary/aromatic N) is 3. The van der Waals surface area contributed by atoms with E-state index >= 15 is 0 Å². The Morgan fingerprint density at radius 3 is 2.81 bits per heavy atom. The van der Waals surface area contributed by atoms with Crippen molar-refractivity contribution in [1.29, 1.82) is 0 Å². The van der Waals surface area contributed by atoms with E-state index in [-0.39, 0.29) is 6.04 Å². The summed E-state index contributed by atoms with van der Waals surface area (Å²) in [5.74, 6) is 1.96. The number of aromatic nitrogens is 3. The smallest absolute Gasteiger partial charge is 0.155 e. The molecule has 4 nitrogen and oxygen atoms in total. The first-order valence-corrected chi connectivity index (χ1v) is 5.46. The molecule has 3 rings (SSSR count). The van der Waals surface area contributed by atoms with Gasteiger partial charge >= 0.3 is 0 Å². The van der Waals surface area contributed by atoms with Gasteiger partial charge in [-0.1, -0.05) is 18.2 Å². The monoisotopic (exact) mass is 214 g/mol. The Labute approximate surface area is 94.3 Å². The Hall–Kier alpha value is -1.84. The van der Waals surface area contributed by atoms with Gasteiger partial charge in [-0.25, -0.2) is 0 Å². The molecule has 0 bridgehead atoms. The molecule has 1 unspecified atom stereocenters. The van der Waals surface area contributed by atoms with Crippen molar-refractivity contribution in [3.05, 3.63) is 41.5 Å². The van der Waals surface area contributed by atoms with Crippen LogP contribution in [0.2, 0.25) is 0 Å². The van der Waals surface area contributed by atoms with Crippen molar-refractivity contribution >= 4 is 5.69 Å². The maximum atomic E-state index is 4.23. The zero-order chi connectivity index (χ0) is 11.1. The number of nitrogens with one attached hydrogen (secondary N) is 1. The summed E-state index contributed by atoms with van der Waals surface area (Å²) in [6, 6.07) is 8.65. The van der Waals surface area contributed by atoms with E-state index < -0.39 is 0 Å². The van der Waals surface area contributed by atoms with Gasteiger partial charge in [-0.3, -0.25) is 0 Å². The highest BCUT2D eigenvalue weighted by Gasteiger charge is 2.25. The second kappa shape index (κ2) is 3.33. The molecular weight excluding hydrogens is 200 g/mol. The molecule has 0 aliphatic carbocycles. The molecular formula is C12H14N4. The highest BCUT2D eigenvalue weighted by Crippen LogP contribution is 2.32. The van der Waals surface area contributed by atoms with E-state index in [1.165, 1.54) is 11.3 Å². The van der Waals surface area contributed by atoms with Gasteiger partial charge in [-0.2, -0.15) is 0 Å². The molecule has 1 N–H and O–H groups in total. The standard InChI is InChI=1S/C12H14N4/c1-8-14-15-12(16(8)2)11-7-9-5-3-4-6-10(9)13-11/h3-6,11,13H,7H2,1-2H3. The van der Waals surface area contributed by atoms with Crippen molar-refractivity contribution in [3.63, 3.8) is 0 Å². The first-order valence-electron chi connectivity index (χ1n) is 5.46. The Morgan fingerprint density at radius 1 is 1.31 bits per heavy atom. The molecule has 4 heteroatoms. The molecule has 1 aliphatic rings. The number of anilines is 1. The van der Waals surface area contributed by atoms with Crippen molar-refractivity contribution in [2.45, 2.75) is 19.4 Å². The Morgan fingerprint density at radius 2 is 2.12 bits per heavy atom. The molecule has 0 saturated carbocycles. The van der Waals surface area contributed by atoms with Crippen LogP contribution < -0.4 is 5.32 Å². The third-order valence-corrected chi connectivity index (χ3v) is 3.21. The predicted octanol–water partition coefficient (Wildman–Crippen LogP) is 1.83. The Kier molecular flexibility index (Phi) is 1.96. The zero-order valence-corrected chi connectivity index (χ0v) is 9.44. The fourth-order valence-corrected chi connectivity index (χ4v) is 2.18. The average Bonchev–Trinajstić information content (AvgIpc) is 2.84. The van der Waals surface area contributed by atoms with E-state index in [2.05, 4.69) is 39.8 Å². The van der Waals surface area contributed by atoms with Crippen LogP contribution in [0.15, 0.2) is 24.3 Å². The van der Waals surface area contributed by atoms with Gasteiger partial charge in [0, 0.05) is 19.2 Å². The fraction of sp³-hybridized carbons (Fsp3) is 0.333. The molecule has 1 aliphatic heterocycles. The van der Waals surface area contributed by atoms with E-state index in [1.54, 1.807) is 0 Å². The molecule has 1 aromatic carbocycles. The van der Waals surface area contributed by atoms with Crippen LogP contribution in [-0.2, 0) is 13.5 Å². The summed E-state index contributed by atoms with van der Waals surface area (Å²) in [5.41, 5.74) is 2.57. The number of hydrogen-bond donors (Lipinski definition) is 1. The minimum atomic E-state index is 0.253. The third kappa shape index (κ3) is 1.30. The molecule has 1 aromatic heterocycles. The third-order valence-electron chi connectivity index (χ3n) is 3.21. The number of hydrogen-bond acceptors (Lipinski definition) is 3. The highest BCUT2D eigenvalue weighted by atomic mass is 15.3. The van der Waals surface area contributed by atoms with Crippen LogP contribution in [-0.4, -0.2) is 14.8 Å². The van der Waals surface area contributed by atoms with Crippen LogP contribution in [0.1, 0.15) is 23.3 Å². The molecule has 82 valence electrons. The number of fused-ring (bicyclic) bond motifs is 1.